The van der Waals surface area contributed by atoms with Gasteiger partial charge in [0.15, 0.2) is 0 Å². The first-order valence-electron chi connectivity index (χ1n) is 12.3. The van der Waals surface area contributed by atoms with Crippen molar-refractivity contribution < 1.29 is 0 Å². The van der Waals surface area contributed by atoms with Gasteiger partial charge in [-0.1, -0.05) is 84.5 Å². The Balaban J connectivity index is 0.00000242. The summed E-state index contributed by atoms with van der Waals surface area (Å²) in [4.78, 5) is 8.56. The summed E-state index contributed by atoms with van der Waals surface area (Å²) in [7, 11) is 0. The van der Waals surface area contributed by atoms with E-state index in [0.29, 0.717) is 5.82 Å². The predicted molar refractivity (Wildman–Crippen MR) is 148 cm³/mol. The van der Waals surface area contributed by atoms with E-state index in [0.717, 1.165) is 54.1 Å². The van der Waals surface area contributed by atoms with Crippen LogP contribution in [-0.2, 0) is 0 Å². The Kier molecular flexibility index (Phi) is 16.1. The fourth-order valence-electron chi connectivity index (χ4n) is 3.29. The average Bonchev–Trinajstić information content (AvgIpc) is 2.86. The van der Waals surface area contributed by atoms with Gasteiger partial charge in [-0.15, -0.1) is 0 Å². The number of allylic oxidation sites excluding steroid dienone is 2. The normalized spacial score (nSPS) is 11.2. The third kappa shape index (κ3) is 9.67. The van der Waals surface area contributed by atoms with Gasteiger partial charge < -0.3 is 5.73 Å². The zero-order valence-electron chi connectivity index (χ0n) is 22.2. The van der Waals surface area contributed by atoms with E-state index >= 15 is 0 Å². The molecular weight excluding hydrogens is 404 g/mol. The summed E-state index contributed by atoms with van der Waals surface area (Å²) in [5, 5.41) is 0. The molecule has 4 heteroatoms. The van der Waals surface area contributed by atoms with Gasteiger partial charge in [-0.2, -0.15) is 0 Å². The summed E-state index contributed by atoms with van der Waals surface area (Å²) in [5.41, 5.74) is 11.7. The SMILES string of the molecule is C=C(c1ccccc1C)N(/C(N)=C(C)/C=C\CN(CC)CCC)c1ccncc1.CC.CC. The van der Waals surface area contributed by atoms with Crippen LogP contribution in [0.15, 0.2) is 78.9 Å². The first-order valence-corrected chi connectivity index (χ1v) is 12.3. The average molecular weight is 451 g/mol. The first kappa shape index (κ1) is 30.1. The highest BCUT2D eigenvalue weighted by atomic mass is 15.2. The van der Waals surface area contributed by atoms with Gasteiger partial charge >= 0.3 is 0 Å². The molecule has 0 aliphatic heterocycles. The van der Waals surface area contributed by atoms with Gasteiger partial charge in [0.1, 0.15) is 5.82 Å². The number of aromatic nitrogens is 1. The van der Waals surface area contributed by atoms with E-state index < -0.39 is 0 Å². The van der Waals surface area contributed by atoms with Gasteiger partial charge in [-0.05, 0) is 56.6 Å². The van der Waals surface area contributed by atoms with Gasteiger partial charge in [0.25, 0.3) is 0 Å². The van der Waals surface area contributed by atoms with E-state index in [1.807, 2.05) is 63.8 Å². The molecule has 0 bridgehead atoms. The molecule has 2 aromatic rings. The highest BCUT2D eigenvalue weighted by molar-refractivity contribution is 5.82. The van der Waals surface area contributed by atoms with Crippen LogP contribution < -0.4 is 10.6 Å². The number of anilines is 1. The number of aryl methyl sites for hydroxylation is 1. The fraction of sp³-hybridized carbons (Fsp3) is 0.414. The first-order chi connectivity index (χ1) is 16.0. The number of hydrogen-bond acceptors (Lipinski definition) is 4. The molecule has 0 unspecified atom stereocenters. The number of nitrogens with two attached hydrogens (primary N) is 1. The van der Waals surface area contributed by atoms with Crippen molar-refractivity contribution in [1.29, 1.82) is 0 Å². The van der Waals surface area contributed by atoms with Crippen LogP contribution in [0.2, 0.25) is 0 Å². The molecule has 1 aromatic carbocycles. The molecule has 0 aliphatic rings. The maximum absolute atomic E-state index is 6.65. The van der Waals surface area contributed by atoms with Gasteiger partial charge in [-0.3, -0.25) is 14.8 Å². The minimum atomic E-state index is 0.666. The molecule has 0 fully saturated rings. The van der Waals surface area contributed by atoms with Crippen molar-refractivity contribution in [3.8, 4) is 0 Å². The summed E-state index contributed by atoms with van der Waals surface area (Å²) in [6.45, 7) is 24.0. The lowest BCUT2D eigenvalue weighted by Crippen LogP contribution is -2.27. The molecule has 0 atom stereocenters. The molecule has 0 spiro atoms. The van der Waals surface area contributed by atoms with Crippen molar-refractivity contribution in [1.82, 2.24) is 9.88 Å². The lowest BCUT2D eigenvalue weighted by Gasteiger charge is -2.29. The van der Waals surface area contributed by atoms with E-state index in [2.05, 4.69) is 61.5 Å². The van der Waals surface area contributed by atoms with Crippen molar-refractivity contribution in [3.05, 3.63) is 90.0 Å². The Morgan fingerprint density at radius 3 is 2.18 bits per heavy atom. The zero-order chi connectivity index (χ0) is 25.2. The van der Waals surface area contributed by atoms with Crippen molar-refractivity contribution in [2.75, 3.05) is 24.5 Å². The van der Waals surface area contributed by atoms with E-state index in [-0.39, 0.29) is 0 Å². The Labute approximate surface area is 203 Å². The van der Waals surface area contributed by atoms with Crippen LogP contribution >= 0.6 is 0 Å². The maximum atomic E-state index is 6.65. The van der Waals surface area contributed by atoms with E-state index in [4.69, 9.17) is 5.73 Å². The second kappa shape index (κ2) is 17.7. The third-order valence-corrected chi connectivity index (χ3v) is 5.01. The topological polar surface area (TPSA) is 45.4 Å². The van der Waals surface area contributed by atoms with E-state index in [1.165, 1.54) is 0 Å². The van der Waals surface area contributed by atoms with Crippen LogP contribution in [0.3, 0.4) is 0 Å². The molecule has 4 nitrogen and oxygen atoms in total. The molecule has 0 amide bonds. The monoisotopic (exact) mass is 450 g/mol. The number of pyridine rings is 1. The maximum Gasteiger partial charge on any atom is 0.111 e. The quantitative estimate of drug-likeness (QED) is 0.383. The van der Waals surface area contributed by atoms with Gasteiger partial charge in [0, 0.05) is 30.2 Å². The minimum Gasteiger partial charge on any atom is -0.385 e. The Morgan fingerprint density at radius 1 is 1.03 bits per heavy atom. The van der Waals surface area contributed by atoms with Crippen LogP contribution in [0.1, 0.15) is 66.0 Å². The smallest absolute Gasteiger partial charge is 0.111 e. The lowest BCUT2D eigenvalue weighted by molar-refractivity contribution is 0.320. The molecule has 0 radical (unpaired) electrons. The second-order valence-corrected chi connectivity index (χ2v) is 7.17. The molecule has 33 heavy (non-hydrogen) atoms. The summed E-state index contributed by atoms with van der Waals surface area (Å²) < 4.78 is 0. The zero-order valence-corrected chi connectivity index (χ0v) is 22.2. The summed E-state index contributed by atoms with van der Waals surface area (Å²) in [6, 6.07) is 12.1. The van der Waals surface area contributed by atoms with Crippen LogP contribution in [0.4, 0.5) is 5.69 Å². The number of nitrogens with zero attached hydrogens (tertiary/aromatic N) is 3. The predicted octanol–water partition coefficient (Wildman–Crippen LogP) is 7.40. The van der Waals surface area contributed by atoms with Crippen molar-refractivity contribution >= 4 is 11.4 Å². The summed E-state index contributed by atoms with van der Waals surface area (Å²) in [6.07, 6.45) is 8.99. The Morgan fingerprint density at radius 2 is 1.64 bits per heavy atom. The van der Waals surface area contributed by atoms with Crippen LogP contribution in [-0.4, -0.2) is 29.5 Å². The standard InChI is InChI=1S/C25H34N4.2C2H6/c1-6-18-28(7-2)19-10-12-21(4)25(26)29(23-14-16-27-17-15-23)22(5)24-13-9-8-11-20(24)3;2*1-2/h8-17H,5-7,18-19,26H2,1-4H3;2*1-2H3/b12-10-,25-21+;;. The van der Waals surface area contributed by atoms with Crippen molar-refractivity contribution in [3.63, 3.8) is 0 Å². The highest BCUT2D eigenvalue weighted by Gasteiger charge is 2.17. The van der Waals surface area contributed by atoms with Gasteiger partial charge in [0.2, 0.25) is 0 Å². The molecule has 0 saturated heterocycles. The van der Waals surface area contributed by atoms with Crippen LogP contribution in [0.25, 0.3) is 5.70 Å². The lowest BCUT2D eigenvalue weighted by atomic mass is 10.0. The molecule has 0 saturated carbocycles. The molecule has 0 aliphatic carbocycles. The number of hydrogen-bond donors (Lipinski definition) is 1. The summed E-state index contributed by atoms with van der Waals surface area (Å²) >= 11 is 0. The number of rotatable bonds is 10. The summed E-state index contributed by atoms with van der Waals surface area (Å²) in [5.74, 6) is 0.666. The molecule has 2 N–H and O–H groups in total. The minimum absolute atomic E-state index is 0.666. The molecule has 1 heterocycles. The largest absolute Gasteiger partial charge is 0.385 e. The van der Waals surface area contributed by atoms with Gasteiger partial charge in [-0.25, -0.2) is 0 Å². The van der Waals surface area contributed by atoms with E-state index in [9.17, 15) is 0 Å². The van der Waals surface area contributed by atoms with Crippen molar-refractivity contribution in [2.24, 2.45) is 5.73 Å². The van der Waals surface area contributed by atoms with Crippen LogP contribution in [0, 0.1) is 6.92 Å². The molecular formula is C29H46N4. The Bertz CT molecular complexity index is 853. The Hall–Kier alpha value is -2.85. The second-order valence-electron chi connectivity index (χ2n) is 7.17. The van der Waals surface area contributed by atoms with E-state index in [1.54, 1.807) is 12.4 Å². The fourth-order valence-corrected chi connectivity index (χ4v) is 3.29. The molecule has 2 rings (SSSR count). The molecule has 1 aromatic heterocycles. The third-order valence-electron chi connectivity index (χ3n) is 5.01. The van der Waals surface area contributed by atoms with Crippen LogP contribution in [0.5, 0.6) is 0 Å². The van der Waals surface area contributed by atoms with Gasteiger partial charge in [0.05, 0.1) is 5.69 Å². The number of benzene rings is 1. The molecule has 182 valence electrons. The van der Waals surface area contributed by atoms with Crippen molar-refractivity contribution in [2.45, 2.75) is 61.8 Å². The highest BCUT2D eigenvalue weighted by Crippen LogP contribution is 2.30. The number of likely N-dealkylation sites (N-methyl/N-ethyl adjacent to an activating group) is 1.